The van der Waals surface area contributed by atoms with Crippen LogP contribution in [0.15, 0.2) is 34.1 Å². The molecule has 0 saturated heterocycles. The van der Waals surface area contributed by atoms with Crippen molar-refractivity contribution in [3.63, 3.8) is 0 Å². The minimum atomic E-state index is 0.275. The Morgan fingerprint density at radius 2 is 2.30 bits per heavy atom. The summed E-state index contributed by atoms with van der Waals surface area (Å²) in [4.78, 5) is 1.35. The van der Waals surface area contributed by atoms with Gasteiger partial charge in [0.2, 0.25) is 0 Å². The normalized spacial score (nSPS) is 14.9. The van der Waals surface area contributed by atoms with E-state index >= 15 is 0 Å². The predicted octanol–water partition coefficient (Wildman–Crippen LogP) is 4.53. The highest BCUT2D eigenvalue weighted by Crippen LogP contribution is 2.33. The highest BCUT2D eigenvalue weighted by molar-refractivity contribution is 9.10. The molecule has 0 radical (unpaired) electrons. The molecule has 20 heavy (non-hydrogen) atoms. The van der Waals surface area contributed by atoms with Crippen LogP contribution in [-0.4, -0.2) is 13.2 Å². The third kappa shape index (κ3) is 2.92. The van der Waals surface area contributed by atoms with Gasteiger partial charge in [-0.15, -0.1) is 11.3 Å². The first-order valence-electron chi connectivity index (χ1n) is 7.01. The fourth-order valence-electron chi connectivity index (χ4n) is 2.54. The Morgan fingerprint density at radius 3 is 3.05 bits per heavy atom. The molecular formula is C16H18BrNOS. The van der Waals surface area contributed by atoms with Crippen LogP contribution in [0.25, 0.3) is 0 Å². The van der Waals surface area contributed by atoms with E-state index in [-0.39, 0.29) is 6.04 Å². The minimum Gasteiger partial charge on any atom is -0.493 e. The summed E-state index contributed by atoms with van der Waals surface area (Å²) in [5.74, 6) is 1.05. The number of rotatable bonds is 5. The second-order valence-corrected chi connectivity index (χ2v) is 6.88. The van der Waals surface area contributed by atoms with Gasteiger partial charge < -0.3 is 10.1 Å². The molecule has 1 N–H and O–H groups in total. The number of benzene rings is 1. The Kier molecular flexibility index (Phi) is 4.44. The zero-order valence-corrected chi connectivity index (χ0v) is 13.9. The minimum absolute atomic E-state index is 0.275. The van der Waals surface area contributed by atoms with Crippen LogP contribution in [-0.2, 0) is 6.42 Å². The molecule has 0 aliphatic carbocycles. The number of nitrogens with one attached hydrogen (secondary N) is 1. The first-order chi connectivity index (χ1) is 9.78. The molecule has 0 amide bonds. The van der Waals surface area contributed by atoms with Gasteiger partial charge in [-0.2, -0.15) is 0 Å². The van der Waals surface area contributed by atoms with E-state index in [1.165, 1.54) is 16.0 Å². The summed E-state index contributed by atoms with van der Waals surface area (Å²) in [6.07, 6.45) is 2.16. The lowest BCUT2D eigenvalue weighted by atomic mass is 10.0. The van der Waals surface area contributed by atoms with Crippen molar-refractivity contribution < 1.29 is 4.74 Å². The molecule has 0 saturated carbocycles. The third-order valence-electron chi connectivity index (χ3n) is 3.52. The number of hydrogen-bond acceptors (Lipinski definition) is 3. The van der Waals surface area contributed by atoms with Gasteiger partial charge in [0.15, 0.2) is 0 Å². The molecule has 2 nitrogen and oxygen atoms in total. The van der Waals surface area contributed by atoms with Gasteiger partial charge in [-0.05, 0) is 52.2 Å². The van der Waals surface area contributed by atoms with Gasteiger partial charge in [-0.3, -0.25) is 0 Å². The van der Waals surface area contributed by atoms with Crippen molar-refractivity contribution in [3.8, 4) is 5.75 Å². The van der Waals surface area contributed by atoms with Crippen LogP contribution < -0.4 is 10.1 Å². The zero-order chi connectivity index (χ0) is 13.9. The van der Waals surface area contributed by atoms with Crippen molar-refractivity contribution in [1.29, 1.82) is 0 Å². The predicted molar refractivity (Wildman–Crippen MR) is 87.8 cm³/mol. The van der Waals surface area contributed by atoms with E-state index in [1.54, 1.807) is 11.3 Å². The fraction of sp³-hybridized carbons (Fsp3) is 0.375. The maximum atomic E-state index is 5.60. The molecule has 4 heteroatoms. The number of fused-ring (bicyclic) bond motifs is 1. The summed E-state index contributed by atoms with van der Waals surface area (Å²) in [7, 11) is 0. The van der Waals surface area contributed by atoms with Gasteiger partial charge in [-0.25, -0.2) is 0 Å². The first-order valence-corrected chi connectivity index (χ1v) is 8.68. The molecule has 1 aliphatic heterocycles. The van der Waals surface area contributed by atoms with E-state index in [4.69, 9.17) is 4.74 Å². The highest BCUT2D eigenvalue weighted by atomic mass is 79.9. The molecule has 1 unspecified atom stereocenters. The van der Waals surface area contributed by atoms with Gasteiger partial charge in [0, 0.05) is 21.2 Å². The molecular weight excluding hydrogens is 334 g/mol. The average Bonchev–Trinajstić information content (AvgIpc) is 3.07. The van der Waals surface area contributed by atoms with Crippen molar-refractivity contribution in [2.24, 2.45) is 0 Å². The van der Waals surface area contributed by atoms with E-state index in [9.17, 15) is 0 Å². The molecule has 2 heterocycles. The molecule has 3 rings (SSSR count). The summed E-state index contributed by atoms with van der Waals surface area (Å²) >= 11 is 5.35. The third-order valence-corrected chi connectivity index (χ3v) is 5.28. The van der Waals surface area contributed by atoms with E-state index in [2.05, 4.69) is 57.8 Å². The molecule has 1 atom stereocenters. The molecule has 1 aromatic heterocycles. The van der Waals surface area contributed by atoms with Crippen molar-refractivity contribution in [1.82, 2.24) is 5.32 Å². The van der Waals surface area contributed by atoms with Crippen LogP contribution in [0.4, 0.5) is 0 Å². The van der Waals surface area contributed by atoms with Gasteiger partial charge in [0.05, 0.1) is 12.6 Å². The SMILES string of the molecule is CCCNC(c1ccc2c(c1)CCO2)c1cc(Br)cs1. The van der Waals surface area contributed by atoms with Crippen molar-refractivity contribution in [3.05, 3.63) is 50.1 Å². The Labute approximate surface area is 132 Å². The van der Waals surface area contributed by atoms with Crippen LogP contribution in [0.5, 0.6) is 5.75 Å². The van der Waals surface area contributed by atoms with Gasteiger partial charge in [0.1, 0.15) is 5.75 Å². The number of halogens is 1. The van der Waals surface area contributed by atoms with E-state index in [0.717, 1.165) is 36.2 Å². The lowest BCUT2D eigenvalue weighted by Gasteiger charge is -2.18. The summed E-state index contributed by atoms with van der Waals surface area (Å²) in [6.45, 7) is 4.04. The number of hydrogen-bond donors (Lipinski definition) is 1. The Morgan fingerprint density at radius 1 is 1.40 bits per heavy atom. The molecule has 1 aliphatic rings. The first kappa shape index (κ1) is 14.1. The Hall–Kier alpha value is -0.840. The second-order valence-electron chi connectivity index (χ2n) is 5.02. The zero-order valence-electron chi connectivity index (χ0n) is 11.5. The van der Waals surface area contributed by atoms with Crippen LogP contribution in [0.3, 0.4) is 0 Å². The molecule has 1 aromatic carbocycles. The summed E-state index contributed by atoms with van der Waals surface area (Å²) < 4.78 is 6.76. The quantitative estimate of drug-likeness (QED) is 0.853. The summed E-state index contributed by atoms with van der Waals surface area (Å²) in [5, 5.41) is 5.80. The van der Waals surface area contributed by atoms with Crippen LogP contribution in [0.2, 0.25) is 0 Å². The molecule has 0 spiro atoms. The lowest BCUT2D eigenvalue weighted by molar-refractivity contribution is 0.357. The Balaban J connectivity index is 1.92. The smallest absolute Gasteiger partial charge is 0.122 e. The second kappa shape index (κ2) is 6.29. The van der Waals surface area contributed by atoms with Crippen LogP contribution in [0, 0.1) is 0 Å². The van der Waals surface area contributed by atoms with Crippen molar-refractivity contribution in [2.45, 2.75) is 25.8 Å². The molecule has 0 fully saturated rings. The maximum absolute atomic E-state index is 5.60. The van der Waals surface area contributed by atoms with Crippen molar-refractivity contribution >= 4 is 27.3 Å². The standard InChI is InChI=1S/C16H18BrNOS/c1-2-6-18-16(15-9-13(17)10-20-15)12-3-4-14-11(8-12)5-7-19-14/h3-4,8-10,16,18H,2,5-7H2,1H3. The van der Waals surface area contributed by atoms with Crippen LogP contribution in [0.1, 0.15) is 35.4 Å². The van der Waals surface area contributed by atoms with Gasteiger partial charge in [-0.1, -0.05) is 19.1 Å². The summed E-state index contributed by atoms with van der Waals surface area (Å²) in [6, 6.07) is 9.08. The maximum Gasteiger partial charge on any atom is 0.122 e. The van der Waals surface area contributed by atoms with E-state index in [0.29, 0.717) is 0 Å². The highest BCUT2D eigenvalue weighted by Gasteiger charge is 2.19. The number of ether oxygens (including phenoxy) is 1. The molecule has 0 bridgehead atoms. The molecule has 2 aromatic rings. The van der Waals surface area contributed by atoms with Crippen molar-refractivity contribution in [2.75, 3.05) is 13.2 Å². The largest absolute Gasteiger partial charge is 0.493 e. The fourth-order valence-corrected chi connectivity index (χ4v) is 4.08. The average molecular weight is 352 g/mol. The van der Waals surface area contributed by atoms with Crippen LogP contribution >= 0.6 is 27.3 Å². The molecule has 106 valence electrons. The Bertz CT molecular complexity index is 596. The van der Waals surface area contributed by atoms with E-state index < -0.39 is 0 Å². The number of thiophene rings is 1. The van der Waals surface area contributed by atoms with Gasteiger partial charge >= 0.3 is 0 Å². The van der Waals surface area contributed by atoms with Gasteiger partial charge in [0.25, 0.3) is 0 Å². The lowest BCUT2D eigenvalue weighted by Crippen LogP contribution is -2.22. The summed E-state index contributed by atoms with van der Waals surface area (Å²) in [5.41, 5.74) is 2.67. The van der Waals surface area contributed by atoms with E-state index in [1.807, 2.05) is 0 Å². The monoisotopic (exact) mass is 351 g/mol. The topological polar surface area (TPSA) is 21.3 Å².